The zero-order chi connectivity index (χ0) is 14.3. The molecule has 1 rings (SSSR count). The fraction of sp³-hybridized carbons (Fsp3) is 0.455. The predicted octanol–water partition coefficient (Wildman–Crippen LogP) is 0.584. The van der Waals surface area contributed by atoms with E-state index in [4.69, 9.17) is 9.84 Å². The lowest BCUT2D eigenvalue weighted by Gasteiger charge is -2.09. The molecule has 0 saturated carbocycles. The number of nitrogens with one attached hydrogen (secondary N) is 1. The lowest BCUT2D eigenvalue weighted by Crippen LogP contribution is -2.30. The number of carbonyl (C=O) groups excluding carboxylic acids is 1. The quantitative estimate of drug-likeness (QED) is 0.681. The minimum absolute atomic E-state index is 0.0353. The molecule has 1 heterocycles. The van der Waals surface area contributed by atoms with Crippen molar-refractivity contribution in [2.24, 2.45) is 0 Å². The smallest absolute Gasteiger partial charge is 0.329 e. The highest BCUT2D eigenvalue weighted by Crippen LogP contribution is 2.06. The number of ether oxygens (including phenoxy) is 1. The van der Waals surface area contributed by atoms with Crippen LogP contribution in [0.4, 0.5) is 8.78 Å². The Labute approximate surface area is 108 Å². The topological polar surface area (TPSA) is 80.6 Å². The molecule has 0 aliphatic heterocycles. The Morgan fingerprint density at radius 3 is 2.84 bits per heavy atom. The van der Waals surface area contributed by atoms with Crippen LogP contribution in [0, 0.1) is 0 Å². The summed E-state index contributed by atoms with van der Waals surface area (Å²) in [4.78, 5) is 21.8. The summed E-state index contributed by atoms with van der Waals surface area (Å²) in [5.74, 6) is -1.61. The third-order valence-corrected chi connectivity index (χ3v) is 2.15. The summed E-state index contributed by atoms with van der Waals surface area (Å²) in [5, 5.41) is 10.8. The summed E-state index contributed by atoms with van der Waals surface area (Å²) in [7, 11) is 0. The van der Waals surface area contributed by atoms with E-state index in [1.807, 2.05) is 0 Å². The number of alkyl halides is 2. The Morgan fingerprint density at radius 1 is 1.47 bits per heavy atom. The molecule has 0 aromatic carbocycles. The van der Waals surface area contributed by atoms with Crippen LogP contribution in [0.5, 0.6) is 0 Å². The second-order valence-electron chi connectivity index (χ2n) is 3.64. The molecular weight excluding hydrogens is 262 g/mol. The van der Waals surface area contributed by atoms with Crippen LogP contribution >= 0.6 is 0 Å². The lowest BCUT2D eigenvalue weighted by molar-refractivity contribution is -0.142. The van der Waals surface area contributed by atoms with Gasteiger partial charge >= 0.3 is 5.97 Å². The molecule has 0 aliphatic rings. The number of hydrogen-bond donors (Lipinski definition) is 2. The zero-order valence-electron chi connectivity index (χ0n) is 10.0. The van der Waals surface area contributed by atoms with Crippen molar-refractivity contribution >= 4 is 11.9 Å². The van der Waals surface area contributed by atoms with E-state index < -0.39 is 31.5 Å². The largest absolute Gasteiger partial charge is 0.480 e. The number of rotatable bonds is 8. The first-order valence-corrected chi connectivity index (χ1v) is 5.51. The first-order chi connectivity index (χ1) is 9.00. The molecule has 8 heteroatoms. The fourth-order valence-electron chi connectivity index (χ4n) is 1.41. The van der Waals surface area contributed by atoms with Crippen molar-refractivity contribution in [2.75, 3.05) is 19.8 Å². The van der Waals surface area contributed by atoms with Crippen LogP contribution < -0.4 is 5.32 Å². The number of carboxylic acid groups (broad SMARTS) is 1. The van der Waals surface area contributed by atoms with Gasteiger partial charge in [-0.3, -0.25) is 4.79 Å². The number of nitrogens with zero attached hydrogens (tertiary/aromatic N) is 1. The van der Waals surface area contributed by atoms with E-state index in [-0.39, 0.29) is 18.8 Å². The highest BCUT2D eigenvalue weighted by molar-refractivity contribution is 5.92. The van der Waals surface area contributed by atoms with Gasteiger partial charge in [0.15, 0.2) is 0 Å². The van der Waals surface area contributed by atoms with Gasteiger partial charge in [0, 0.05) is 12.7 Å². The van der Waals surface area contributed by atoms with E-state index in [0.29, 0.717) is 0 Å². The standard InChI is InChI=1S/C11H14F2N2O4/c12-9(13)6-15-4-1-2-8(15)11(18)14-3-5-19-7-10(16)17/h1-2,4,9H,3,5-7H2,(H,14,18)(H,16,17). The molecule has 0 radical (unpaired) electrons. The third kappa shape index (κ3) is 5.47. The Balaban J connectivity index is 2.37. The monoisotopic (exact) mass is 276 g/mol. The van der Waals surface area contributed by atoms with Crippen LogP contribution in [0.2, 0.25) is 0 Å². The van der Waals surface area contributed by atoms with E-state index in [2.05, 4.69) is 5.32 Å². The van der Waals surface area contributed by atoms with Crippen molar-refractivity contribution in [3.63, 3.8) is 0 Å². The maximum absolute atomic E-state index is 12.2. The SMILES string of the molecule is O=C(O)COCCNC(=O)c1cccn1CC(F)F. The van der Waals surface area contributed by atoms with Crippen molar-refractivity contribution in [2.45, 2.75) is 13.0 Å². The van der Waals surface area contributed by atoms with Crippen LogP contribution in [-0.2, 0) is 16.1 Å². The van der Waals surface area contributed by atoms with Crippen LogP contribution in [0.1, 0.15) is 10.5 Å². The van der Waals surface area contributed by atoms with Crippen LogP contribution in [-0.4, -0.2) is 47.7 Å². The van der Waals surface area contributed by atoms with Gasteiger partial charge in [-0.1, -0.05) is 0 Å². The van der Waals surface area contributed by atoms with E-state index in [9.17, 15) is 18.4 Å². The first-order valence-electron chi connectivity index (χ1n) is 5.51. The number of aliphatic carboxylic acids is 1. The molecule has 2 N–H and O–H groups in total. The molecule has 0 atom stereocenters. The molecule has 1 amide bonds. The number of halogens is 2. The third-order valence-electron chi connectivity index (χ3n) is 2.15. The second-order valence-corrected chi connectivity index (χ2v) is 3.64. The molecule has 0 saturated heterocycles. The fourth-order valence-corrected chi connectivity index (χ4v) is 1.41. The van der Waals surface area contributed by atoms with Gasteiger partial charge in [-0.05, 0) is 12.1 Å². The van der Waals surface area contributed by atoms with Gasteiger partial charge in [0.1, 0.15) is 12.3 Å². The molecule has 19 heavy (non-hydrogen) atoms. The van der Waals surface area contributed by atoms with E-state index in [1.54, 1.807) is 0 Å². The van der Waals surface area contributed by atoms with Gasteiger partial charge in [0.2, 0.25) is 0 Å². The van der Waals surface area contributed by atoms with Crippen LogP contribution in [0.3, 0.4) is 0 Å². The van der Waals surface area contributed by atoms with Crippen LogP contribution in [0.25, 0.3) is 0 Å². The Hall–Kier alpha value is -1.96. The molecule has 0 spiro atoms. The van der Waals surface area contributed by atoms with Gasteiger partial charge < -0.3 is 19.7 Å². The molecule has 0 unspecified atom stereocenters. The molecule has 0 aliphatic carbocycles. The summed E-state index contributed by atoms with van der Waals surface area (Å²) in [6.07, 6.45) is -1.15. The van der Waals surface area contributed by atoms with Crippen molar-refractivity contribution in [3.05, 3.63) is 24.0 Å². The van der Waals surface area contributed by atoms with Gasteiger partial charge in [-0.2, -0.15) is 0 Å². The Morgan fingerprint density at radius 2 is 2.21 bits per heavy atom. The molecule has 0 bridgehead atoms. The van der Waals surface area contributed by atoms with Gasteiger partial charge in [-0.15, -0.1) is 0 Å². The number of hydrogen-bond acceptors (Lipinski definition) is 3. The average molecular weight is 276 g/mol. The molecule has 106 valence electrons. The Bertz CT molecular complexity index is 434. The van der Waals surface area contributed by atoms with Crippen molar-refractivity contribution < 1.29 is 28.2 Å². The highest BCUT2D eigenvalue weighted by atomic mass is 19.3. The molecule has 1 aromatic rings. The van der Waals surface area contributed by atoms with E-state index in [0.717, 1.165) is 4.57 Å². The Kier molecular flexibility index (Phi) is 5.94. The van der Waals surface area contributed by atoms with Gasteiger partial charge in [-0.25, -0.2) is 13.6 Å². The summed E-state index contributed by atoms with van der Waals surface area (Å²) < 4.78 is 30.4. The molecule has 1 aromatic heterocycles. The van der Waals surface area contributed by atoms with Gasteiger partial charge in [0.25, 0.3) is 12.3 Å². The number of aromatic nitrogens is 1. The average Bonchev–Trinajstić information content (AvgIpc) is 2.75. The zero-order valence-corrected chi connectivity index (χ0v) is 10.0. The van der Waals surface area contributed by atoms with Gasteiger partial charge in [0.05, 0.1) is 13.2 Å². The van der Waals surface area contributed by atoms with Crippen molar-refractivity contribution in [1.82, 2.24) is 9.88 Å². The number of carboxylic acids is 1. The van der Waals surface area contributed by atoms with Crippen LogP contribution in [0.15, 0.2) is 18.3 Å². The summed E-state index contributed by atoms with van der Waals surface area (Å²) in [6, 6.07) is 2.92. The lowest BCUT2D eigenvalue weighted by atomic mass is 10.4. The summed E-state index contributed by atoms with van der Waals surface area (Å²) in [6.45, 7) is -0.859. The molecular formula is C11H14F2N2O4. The highest BCUT2D eigenvalue weighted by Gasteiger charge is 2.13. The number of amides is 1. The maximum Gasteiger partial charge on any atom is 0.329 e. The minimum Gasteiger partial charge on any atom is -0.480 e. The second kappa shape index (κ2) is 7.47. The molecule has 6 nitrogen and oxygen atoms in total. The maximum atomic E-state index is 12.2. The summed E-state index contributed by atoms with van der Waals surface area (Å²) >= 11 is 0. The first kappa shape index (κ1) is 15.1. The normalized spacial score (nSPS) is 10.7. The van der Waals surface area contributed by atoms with E-state index in [1.165, 1.54) is 18.3 Å². The predicted molar refractivity (Wildman–Crippen MR) is 61.2 cm³/mol. The van der Waals surface area contributed by atoms with Crippen molar-refractivity contribution in [1.29, 1.82) is 0 Å². The molecule has 0 fully saturated rings. The van der Waals surface area contributed by atoms with Crippen molar-refractivity contribution in [3.8, 4) is 0 Å². The minimum atomic E-state index is -2.54. The number of carbonyl (C=O) groups is 2. The van der Waals surface area contributed by atoms with E-state index >= 15 is 0 Å². The summed E-state index contributed by atoms with van der Waals surface area (Å²) in [5.41, 5.74) is 0.124.